The molecule has 1 aliphatic carbocycles. The van der Waals surface area contributed by atoms with Crippen LogP contribution in [0.1, 0.15) is 39.5 Å². The highest BCUT2D eigenvalue weighted by atomic mass is 32.2. The van der Waals surface area contributed by atoms with Crippen molar-refractivity contribution in [1.82, 2.24) is 14.5 Å². The monoisotopic (exact) mass is 286 g/mol. The average molecular weight is 286 g/mol. The molecule has 3 N–H and O–H groups in total. The highest BCUT2D eigenvalue weighted by Gasteiger charge is 2.35. The third-order valence-electron chi connectivity index (χ3n) is 4.11. The van der Waals surface area contributed by atoms with E-state index in [2.05, 4.69) is 24.0 Å². The third-order valence-corrected chi connectivity index (χ3v) is 6.05. The van der Waals surface area contributed by atoms with E-state index in [4.69, 9.17) is 5.73 Å². The van der Waals surface area contributed by atoms with Crippen molar-refractivity contribution in [3.05, 3.63) is 6.20 Å². The van der Waals surface area contributed by atoms with Gasteiger partial charge in [-0.15, -0.1) is 0 Å². The van der Waals surface area contributed by atoms with Crippen molar-refractivity contribution in [2.45, 2.75) is 50.5 Å². The Labute approximate surface area is 114 Å². The van der Waals surface area contributed by atoms with E-state index in [1.54, 1.807) is 7.05 Å². The number of rotatable bonds is 3. The first-order valence-electron chi connectivity index (χ1n) is 6.51. The number of nitrogens with one attached hydrogen (secondary N) is 1. The topological polar surface area (TPSA) is 92.1 Å². The van der Waals surface area contributed by atoms with E-state index < -0.39 is 10.0 Å². The van der Waals surface area contributed by atoms with Crippen LogP contribution in [-0.2, 0) is 10.0 Å². The van der Waals surface area contributed by atoms with Crippen LogP contribution >= 0.6 is 0 Å². The highest BCUT2D eigenvalue weighted by molar-refractivity contribution is 7.89. The summed E-state index contributed by atoms with van der Waals surface area (Å²) in [5, 5.41) is 6.15. The van der Waals surface area contributed by atoms with Gasteiger partial charge in [-0.25, -0.2) is 8.42 Å². The van der Waals surface area contributed by atoms with Crippen LogP contribution < -0.4 is 5.73 Å². The first kappa shape index (κ1) is 14.3. The Kier molecular flexibility index (Phi) is 3.61. The molecule has 0 aromatic carbocycles. The van der Waals surface area contributed by atoms with Gasteiger partial charge >= 0.3 is 0 Å². The molecule has 0 atom stereocenters. The molecule has 7 heteroatoms. The summed E-state index contributed by atoms with van der Waals surface area (Å²) >= 11 is 0. The Morgan fingerprint density at radius 1 is 1.42 bits per heavy atom. The second-order valence-electron chi connectivity index (χ2n) is 6.06. The van der Waals surface area contributed by atoms with Crippen LogP contribution in [0, 0.1) is 5.41 Å². The number of hydrogen-bond acceptors (Lipinski definition) is 4. The lowest BCUT2D eigenvalue weighted by Gasteiger charge is -2.37. The van der Waals surface area contributed by atoms with E-state index in [9.17, 15) is 8.42 Å². The van der Waals surface area contributed by atoms with Gasteiger partial charge < -0.3 is 5.73 Å². The predicted molar refractivity (Wildman–Crippen MR) is 74.0 cm³/mol. The fourth-order valence-electron chi connectivity index (χ4n) is 2.59. The molecule has 0 aliphatic heterocycles. The van der Waals surface area contributed by atoms with Crippen molar-refractivity contribution in [2.75, 3.05) is 12.8 Å². The summed E-state index contributed by atoms with van der Waals surface area (Å²) in [7, 11) is -1.92. The highest BCUT2D eigenvalue weighted by Crippen LogP contribution is 2.38. The molecule has 1 aromatic heterocycles. The van der Waals surface area contributed by atoms with Gasteiger partial charge in [0.2, 0.25) is 10.0 Å². The average Bonchev–Trinajstić information content (AvgIpc) is 2.75. The van der Waals surface area contributed by atoms with Crippen molar-refractivity contribution in [2.24, 2.45) is 5.41 Å². The van der Waals surface area contributed by atoms with Crippen LogP contribution in [0.25, 0.3) is 0 Å². The van der Waals surface area contributed by atoms with E-state index >= 15 is 0 Å². The van der Waals surface area contributed by atoms with Gasteiger partial charge in [-0.2, -0.15) is 9.40 Å². The molecule has 0 bridgehead atoms. The SMILES string of the molecule is CN(C1CCC(C)(C)CC1)S(=O)(=O)c1cn[nH]c1N. The van der Waals surface area contributed by atoms with Crippen LogP contribution in [0.5, 0.6) is 0 Å². The maximum atomic E-state index is 12.5. The molecule has 1 aliphatic rings. The van der Waals surface area contributed by atoms with Crippen LogP contribution in [0.3, 0.4) is 0 Å². The van der Waals surface area contributed by atoms with E-state index in [0.29, 0.717) is 5.41 Å². The first-order valence-corrected chi connectivity index (χ1v) is 7.95. The fourth-order valence-corrected chi connectivity index (χ4v) is 4.01. The summed E-state index contributed by atoms with van der Waals surface area (Å²) in [4.78, 5) is 0.0693. The minimum absolute atomic E-state index is 0.0484. The number of aromatic nitrogens is 2. The fraction of sp³-hybridized carbons (Fsp3) is 0.750. The second-order valence-corrected chi connectivity index (χ2v) is 8.03. The Balaban J connectivity index is 2.16. The summed E-state index contributed by atoms with van der Waals surface area (Å²) in [6, 6.07) is 0.0484. The summed E-state index contributed by atoms with van der Waals surface area (Å²) in [6.07, 6.45) is 5.13. The molecule has 1 heterocycles. The van der Waals surface area contributed by atoms with E-state index in [0.717, 1.165) is 25.7 Å². The molecule has 1 saturated carbocycles. The number of nitrogens with zero attached hydrogens (tertiary/aromatic N) is 2. The smallest absolute Gasteiger partial charge is 0.248 e. The van der Waals surface area contributed by atoms with Gasteiger partial charge in [-0.3, -0.25) is 5.10 Å². The van der Waals surface area contributed by atoms with Gasteiger partial charge in [0.25, 0.3) is 0 Å². The van der Waals surface area contributed by atoms with Crippen LogP contribution in [0.4, 0.5) is 5.82 Å². The molecule has 1 aromatic rings. The van der Waals surface area contributed by atoms with E-state index in [1.807, 2.05) is 0 Å². The lowest BCUT2D eigenvalue weighted by atomic mass is 9.76. The van der Waals surface area contributed by atoms with Gasteiger partial charge in [-0.05, 0) is 31.1 Å². The molecule has 2 rings (SSSR count). The molecule has 0 spiro atoms. The predicted octanol–water partition coefficient (Wildman–Crippen LogP) is 1.58. The Bertz CT molecular complexity index is 540. The Morgan fingerprint density at radius 2 is 2.00 bits per heavy atom. The van der Waals surface area contributed by atoms with Gasteiger partial charge in [0.05, 0.1) is 6.20 Å². The summed E-state index contributed by atoms with van der Waals surface area (Å²) in [5.41, 5.74) is 5.93. The van der Waals surface area contributed by atoms with Crippen LogP contribution in [0.15, 0.2) is 11.1 Å². The molecule has 0 unspecified atom stereocenters. The van der Waals surface area contributed by atoms with Crippen molar-refractivity contribution >= 4 is 15.8 Å². The molecule has 0 saturated heterocycles. The molecular formula is C12H22N4O2S. The van der Waals surface area contributed by atoms with Crippen molar-refractivity contribution < 1.29 is 8.42 Å². The maximum absolute atomic E-state index is 12.5. The van der Waals surface area contributed by atoms with Gasteiger partial charge in [-0.1, -0.05) is 13.8 Å². The minimum atomic E-state index is -3.55. The van der Waals surface area contributed by atoms with Crippen molar-refractivity contribution in [1.29, 1.82) is 0 Å². The molecule has 19 heavy (non-hydrogen) atoms. The number of H-pyrrole nitrogens is 1. The van der Waals surface area contributed by atoms with Crippen molar-refractivity contribution in [3.63, 3.8) is 0 Å². The van der Waals surface area contributed by atoms with Crippen molar-refractivity contribution in [3.8, 4) is 0 Å². The van der Waals surface area contributed by atoms with Crippen LogP contribution in [0.2, 0.25) is 0 Å². The number of nitrogens with two attached hydrogens (primary N) is 1. The standard InChI is InChI=1S/C12H22N4O2S/c1-12(2)6-4-9(5-7-12)16(3)19(17,18)10-8-14-15-11(10)13/h8-9H,4-7H2,1-3H3,(H3,13,14,15). The van der Waals surface area contributed by atoms with E-state index in [-0.39, 0.29) is 16.8 Å². The third kappa shape index (κ3) is 2.76. The van der Waals surface area contributed by atoms with E-state index in [1.165, 1.54) is 10.5 Å². The molecular weight excluding hydrogens is 264 g/mol. The normalized spacial score (nSPS) is 20.8. The van der Waals surface area contributed by atoms with Gasteiger partial charge in [0.1, 0.15) is 10.7 Å². The Hall–Kier alpha value is -1.08. The number of hydrogen-bond donors (Lipinski definition) is 2. The maximum Gasteiger partial charge on any atom is 0.248 e. The molecule has 6 nitrogen and oxygen atoms in total. The molecule has 1 fully saturated rings. The van der Waals surface area contributed by atoms with Crippen LogP contribution in [-0.4, -0.2) is 36.0 Å². The summed E-state index contributed by atoms with van der Waals surface area (Å²) < 4.78 is 26.4. The number of sulfonamides is 1. The Morgan fingerprint density at radius 3 is 2.47 bits per heavy atom. The summed E-state index contributed by atoms with van der Waals surface area (Å²) in [5.74, 6) is 0.1000. The number of anilines is 1. The zero-order chi connectivity index (χ0) is 14.3. The molecule has 0 amide bonds. The second kappa shape index (κ2) is 4.79. The zero-order valence-electron chi connectivity index (χ0n) is 11.7. The van der Waals surface area contributed by atoms with Gasteiger partial charge in [0.15, 0.2) is 0 Å². The van der Waals surface area contributed by atoms with Gasteiger partial charge in [0, 0.05) is 13.1 Å². The summed E-state index contributed by atoms with van der Waals surface area (Å²) in [6.45, 7) is 4.46. The lowest BCUT2D eigenvalue weighted by molar-refractivity contribution is 0.174. The molecule has 108 valence electrons. The number of nitrogen functional groups attached to an aromatic ring is 1. The molecule has 0 radical (unpaired) electrons. The quantitative estimate of drug-likeness (QED) is 0.882. The first-order chi connectivity index (χ1) is 8.74. The lowest BCUT2D eigenvalue weighted by Crippen LogP contribution is -2.40. The zero-order valence-corrected chi connectivity index (χ0v) is 12.5. The number of aromatic amines is 1. The largest absolute Gasteiger partial charge is 0.383 e. The minimum Gasteiger partial charge on any atom is -0.383 e.